The minimum atomic E-state index is 0. The van der Waals surface area contributed by atoms with Crippen molar-refractivity contribution in [1.82, 2.24) is 15.5 Å². The van der Waals surface area contributed by atoms with Crippen LogP contribution in [0.4, 0.5) is 0 Å². The van der Waals surface area contributed by atoms with Gasteiger partial charge in [-0.2, -0.15) is 0 Å². The van der Waals surface area contributed by atoms with Crippen LogP contribution >= 0.6 is 35.3 Å². The van der Waals surface area contributed by atoms with Crippen molar-refractivity contribution >= 4 is 41.3 Å². The zero-order valence-electron chi connectivity index (χ0n) is 11.3. The van der Waals surface area contributed by atoms with E-state index < -0.39 is 0 Å². The maximum Gasteiger partial charge on any atom is 0.191 e. The van der Waals surface area contributed by atoms with Gasteiger partial charge in [0.05, 0.1) is 6.54 Å². The number of nitrogens with zero attached hydrogens (tertiary/aromatic N) is 2. The maximum absolute atomic E-state index is 4.19. The Morgan fingerprint density at radius 1 is 1.39 bits per heavy atom. The van der Waals surface area contributed by atoms with Crippen molar-refractivity contribution in [2.24, 2.45) is 4.99 Å². The molecule has 4 nitrogen and oxygen atoms in total. The van der Waals surface area contributed by atoms with Crippen LogP contribution in [-0.2, 0) is 6.54 Å². The summed E-state index contributed by atoms with van der Waals surface area (Å²) >= 11 is 1.76. The van der Waals surface area contributed by atoms with E-state index in [1.54, 1.807) is 18.4 Å². The van der Waals surface area contributed by atoms with E-state index >= 15 is 0 Å². The van der Waals surface area contributed by atoms with Crippen LogP contribution in [0.5, 0.6) is 0 Å². The van der Waals surface area contributed by atoms with Crippen molar-refractivity contribution in [2.75, 3.05) is 34.2 Å². The third kappa shape index (κ3) is 7.88. The van der Waals surface area contributed by atoms with Gasteiger partial charge in [-0.1, -0.05) is 6.07 Å². The molecule has 0 saturated carbocycles. The van der Waals surface area contributed by atoms with E-state index in [1.807, 2.05) is 0 Å². The Bertz CT molecular complexity index is 325. The second kappa shape index (κ2) is 10.6. The Morgan fingerprint density at radius 3 is 2.72 bits per heavy atom. The summed E-state index contributed by atoms with van der Waals surface area (Å²) in [4.78, 5) is 7.69. The fraction of sp³-hybridized carbons (Fsp3) is 0.583. The summed E-state index contributed by atoms with van der Waals surface area (Å²) in [6.07, 6.45) is 1.12. The minimum Gasteiger partial charge on any atom is -0.356 e. The second-order valence-corrected chi connectivity index (χ2v) is 5.12. The van der Waals surface area contributed by atoms with Gasteiger partial charge in [0, 0.05) is 18.5 Å². The minimum absolute atomic E-state index is 0. The highest BCUT2D eigenvalue weighted by Gasteiger charge is 1.98. The zero-order chi connectivity index (χ0) is 12.5. The molecule has 0 saturated heterocycles. The van der Waals surface area contributed by atoms with Crippen molar-refractivity contribution in [2.45, 2.75) is 13.0 Å². The standard InChI is InChI=1S/C12H22N4S.HI/c1-13-12(14-7-5-8-16(2)3)15-10-11-6-4-9-17-11;/h4,6,9H,5,7-8,10H2,1-3H3,(H2,13,14,15);1H. The lowest BCUT2D eigenvalue weighted by molar-refractivity contribution is 0.399. The summed E-state index contributed by atoms with van der Waals surface area (Å²) in [6, 6.07) is 4.19. The summed E-state index contributed by atoms with van der Waals surface area (Å²) in [6.45, 7) is 2.88. The summed E-state index contributed by atoms with van der Waals surface area (Å²) < 4.78 is 0. The van der Waals surface area contributed by atoms with Crippen molar-refractivity contribution in [3.05, 3.63) is 22.4 Å². The topological polar surface area (TPSA) is 39.7 Å². The van der Waals surface area contributed by atoms with Crippen molar-refractivity contribution in [3.63, 3.8) is 0 Å². The van der Waals surface area contributed by atoms with E-state index in [1.165, 1.54) is 4.88 Å². The van der Waals surface area contributed by atoms with E-state index in [4.69, 9.17) is 0 Å². The van der Waals surface area contributed by atoms with Crippen LogP contribution in [-0.4, -0.2) is 45.1 Å². The van der Waals surface area contributed by atoms with Crippen LogP contribution in [0, 0.1) is 0 Å². The highest BCUT2D eigenvalue weighted by molar-refractivity contribution is 14.0. The quantitative estimate of drug-likeness (QED) is 0.342. The number of hydrogen-bond acceptors (Lipinski definition) is 3. The number of hydrogen-bond donors (Lipinski definition) is 2. The molecule has 104 valence electrons. The maximum atomic E-state index is 4.19. The molecule has 2 N–H and O–H groups in total. The SMILES string of the molecule is CN=C(NCCCN(C)C)NCc1cccs1.I. The van der Waals surface area contributed by atoms with Gasteiger partial charge >= 0.3 is 0 Å². The number of rotatable bonds is 6. The van der Waals surface area contributed by atoms with Gasteiger partial charge in [0.2, 0.25) is 0 Å². The molecule has 0 fully saturated rings. The third-order valence-electron chi connectivity index (χ3n) is 2.31. The van der Waals surface area contributed by atoms with Crippen molar-refractivity contribution in [1.29, 1.82) is 0 Å². The van der Waals surface area contributed by atoms with E-state index in [2.05, 4.69) is 52.1 Å². The molecule has 0 unspecified atom stereocenters. The fourth-order valence-electron chi connectivity index (χ4n) is 1.41. The Morgan fingerprint density at radius 2 is 2.17 bits per heavy atom. The number of guanidine groups is 1. The lowest BCUT2D eigenvalue weighted by Crippen LogP contribution is -2.37. The highest BCUT2D eigenvalue weighted by atomic mass is 127. The van der Waals surface area contributed by atoms with Gasteiger partial charge in [-0.3, -0.25) is 4.99 Å². The van der Waals surface area contributed by atoms with E-state index in [0.29, 0.717) is 0 Å². The normalized spacial score (nSPS) is 11.2. The average Bonchev–Trinajstić information content (AvgIpc) is 2.81. The van der Waals surface area contributed by atoms with E-state index in [0.717, 1.165) is 32.0 Å². The summed E-state index contributed by atoms with van der Waals surface area (Å²) in [5.41, 5.74) is 0. The van der Waals surface area contributed by atoms with Gasteiger partial charge < -0.3 is 15.5 Å². The monoisotopic (exact) mass is 382 g/mol. The molecule has 0 aliphatic rings. The van der Waals surface area contributed by atoms with Crippen molar-refractivity contribution in [3.8, 4) is 0 Å². The Labute approximate surface area is 131 Å². The predicted molar refractivity (Wildman–Crippen MR) is 91.1 cm³/mol. The van der Waals surface area contributed by atoms with Crippen molar-refractivity contribution < 1.29 is 0 Å². The van der Waals surface area contributed by atoms with Crippen LogP contribution in [0.1, 0.15) is 11.3 Å². The molecule has 0 aromatic carbocycles. The lowest BCUT2D eigenvalue weighted by Gasteiger charge is -2.13. The third-order valence-corrected chi connectivity index (χ3v) is 3.18. The first-order valence-electron chi connectivity index (χ1n) is 5.84. The summed E-state index contributed by atoms with van der Waals surface area (Å²) in [5, 5.41) is 8.69. The molecule has 1 heterocycles. The summed E-state index contributed by atoms with van der Waals surface area (Å²) in [7, 11) is 5.98. The lowest BCUT2D eigenvalue weighted by atomic mass is 10.4. The van der Waals surface area contributed by atoms with Gasteiger partial charge in [-0.15, -0.1) is 35.3 Å². The van der Waals surface area contributed by atoms with Gasteiger partial charge in [0.1, 0.15) is 0 Å². The smallest absolute Gasteiger partial charge is 0.191 e. The Hall–Kier alpha value is -0.340. The first-order chi connectivity index (χ1) is 8.22. The molecule has 0 spiro atoms. The molecule has 1 rings (SSSR count). The van der Waals surface area contributed by atoms with Gasteiger partial charge in [0.15, 0.2) is 5.96 Å². The fourth-order valence-corrected chi connectivity index (χ4v) is 2.05. The van der Waals surface area contributed by atoms with Crippen LogP contribution in [0.25, 0.3) is 0 Å². The molecule has 0 aliphatic carbocycles. The van der Waals surface area contributed by atoms with Gasteiger partial charge in [-0.25, -0.2) is 0 Å². The zero-order valence-corrected chi connectivity index (χ0v) is 14.4. The number of nitrogens with one attached hydrogen (secondary N) is 2. The van der Waals surface area contributed by atoms with Gasteiger partial charge in [0.25, 0.3) is 0 Å². The van der Waals surface area contributed by atoms with E-state index in [-0.39, 0.29) is 24.0 Å². The second-order valence-electron chi connectivity index (χ2n) is 4.09. The first kappa shape index (κ1) is 17.7. The van der Waals surface area contributed by atoms with Crippen LogP contribution in [0.2, 0.25) is 0 Å². The van der Waals surface area contributed by atoms with Crippen LogP contribution in [0.15, 0.2) is 22.5 Å². The number of aliphatic imine (C=N–C) groups is 1. The number of thiophene rings is 1. The Balaban J connectivity index is 0.00000289. The van der Waals surface area contributed by atoms with Crippen LogP contribution in [0.3, 0.4) is 0 Å². The summed E-state index contributed by atoms with van der Waals surface area (Å²) in [5.74, 6) is 0.872. The molecule has 0 radical (unpaired) electrons. The molecular weight excluding hydrogens is 359 g/mol. The molecule has 1 aromatic heterocycles. The molecular formula is C12H23IN4S. The predicted octanol–water partition coefficient (Wildman–Crippen LogP) is 1.98. The first-order valence-corrected chi connectivity index (χ1v) is 6.72. The molecule has 0 amide bonds. The molecule has 0 atom stereocenters. The average molecular weight is 382 g/mol. The highest BCUT2D eigenvalue weighted by Crippen LogP contribution is 2.06. The molecule has 0 aliphatic heterocycles. The molecule has 1 aromatic rings. The molecule has 18 heavy (non-hydrogen) atoms. The van der Waals surface area contributed by atoms with Gasteiger partial charge in [-0.05, 0) is 38.5 Å². The van der Waals surface area contributed by atoms with Crippen LogP contribution < -0.4 is 10.6 Å². The molecule has 0 bridgehead atoms. The largest absolute Gasteiger partial charge is 0.356 e. The molecule has 6 heteroatoms. The van der Waals surface area contributed by atoms with E-state index in [9.17, 15) is 0 Å². The Kier molecular flexibility index (Phi) is 10.4. The number of halogens is 1.